The fourth-order valence-corrected chi connectivity index (χ4v) is 1.87. The molecule has 2 rings (SSSR count). The molecule has 0 aliphatic carbocycles. The van der Waals surface area contributed by atoms with Gasteiger partial charge in [0, 0.05) is 11.3 Å². The van der Waals surface area contributed by atoms with Crippen LogP contribution in [-0.4, -0.2) is 5.91 Å². The largest absolute Gasteiger partial charge is 0.398 e. The monoisotopic (exact) mass is 274 g/mol. The molecule has 0 radical (unpaired) electrons. The quantitative estimate of drug-likeness (QED) is 0.819. The van der Waals surface area contributed by atoms with Crippen LogP contribution in [0.25, 0.3) is 0 Å². The third-order valence-electron chi connectivity index (χ3n) is 2.90. The normalized spacial score (nSPS) is 10.3. The van der Waals surface area contributed by atoms with Gasteiger partial charge in [-0.05, 0) is 49.2 Å². The van der Waals surface area contributed by atoms with Crippen LogP contribution in [0.3, 0.4) is 0 Å². The summed E-state index contributed by atoms with van der Waals surface area (Å²) >= 11 is 5.83. The number of halogens is 1. The van der Waals surface area contributed by atoms with Crippen LogP contribution >= 0.6 is 11.6 Å². The Morgan fingerprint density at radius 3 is 2.58 bits per heavy atom. The van der Waals surface area contributed by atoms with Crippen molar-refractivity contribution < 1.29 is 4.79 Å². The second-order valence-corrected chi connectivity index (χ2v) is 4.92. The van der Waals surface area contributed by atoms with Crippen LogP contribution in [0.15, 0.2) is 36.4 Å². The minimum Gasteiger partial charge on any atom is -0.398 e. The molecule has 0 spiro atoms. The van der Waals surface area contributed by atoms with Crippen molar-refractivity contribution >= 4 is 28.9 Å². The van der Waals surface area contributed by atoms with Gasteiger partial charge in [-0.3, -0.25) is 4.79 Å². The summed E-state index contributed by atoms with van der Waals surface area (Å²) in [5, 5.41) is 3.32. The lowest BCUT2D eigenvalue weighted by Crippen LogP contribution is -2.13. The smallest absolute Gasteiger partial charge is 0.255 e. The van der Waals surface area contributed by atoms with E-state index >= 15 is 0 Å². The minimum absolute atomic E-state index is 0.197. The molecule has 98 valence electrons. The molecular weight excluding hydrogens is 260 g/mol. The molecule has 0 bridgehead atoms. The first-order valence-corrected chi connectivity index (χ1v) is 6.29. The van der Waals surface area contributed by atoms with Crippen LogP contribution in [0.5, 0.6) is 0 Å². The highest BCUT2D eigenvalue weighted by Crippen LogP contribution is 2.21. The number of hydrogen-bond donors (Lipinski definition) is 2. The van der Waals surface area contributed by atoms with Crippen LogP contribution < -0.4 is 11.1 Å². The van der Waals surface area contributed by atoms with Crippen LogP contribution in [0, 0.1) is 13.8 Å². The molecule has 0 aromatic heterocycles. The van der Waals surface area contributed by atoms with Gasteiger partial charge in [0.25, 0.3) is 5.91 Å². The third kappa shape index (κ3) is 3.06. The summed E-state index contributed by atoms with van der Waals surface area (Å²) in [5.74, 6) is -0.197. The fourth-order valence-electron chi connectivity index (χ4n) is 1.75. The van der Waals surface area contributed by atoms with Gasteiger partial charge in [-0.2, -0.15) is 0 Å². The van der Waals surface area contributed by atoms with E-state index in [-0.39, 0.29) is 5.91 Å². The lowest BCUT2D eigenvalue weighted by atomic mass is 10.1. The fraction of sp³-hybridized carbons (Fsp3) is 0.133. The third-order valence-corrected chi connectivity index (χ3v) is 3.24. The van der Waals surface area contributed by atoms with E-state index in [2.05, 4.69) is 5.32 Å². The Morgan fingerprint density at radius 2 is 1.89 bits per heavy atom. The Morgan fingerprint density at radius 1 is 1.16 bits per heavy atom. The summed E-state index contributed by atoms with van der Waals surface area (Å²) in [6, 6.07) is 10.8. The zero-order chi connectivity index (χ0) is 14.0. The maximum Gasteiger partial charge on any atom is 0.255 e. The van der Waals surface area contributed by atoms with Gasteiger partial charge in [0.05, 0.1) is 10.7 Å². The van der Waals surface area contributed by atoms with Crippen molar-refractivity contribution in [3.63, 3.8) is 0 Å². The van der Waals surface area contributed by atoms with E-state index in [1.54, 1.807) is 18.2 Å². The number of anilines is 2. The van der Waals surface area contributed by atoms with Crippen LogP contribution in [-0.2, 0) is 0 Å². The van der Waals surface area contributed by atoms with E-state index in [0.29, 0.717) is 16.3 Å². The Bertz CT molecular complexity index is 638. The van der Waals surface area contributed by atoms with E-state index in [9.17, 15) is 4.79 Å². The number of carbonyl (C=O) groups is 1. The molecule has 2 aromatic rings. The van der Waals surface area contributed by atoms with Gasteiger partial charge in [0.1, 0.15) is 0 Å². The number of carbonyl (C=O) groups excluding carboxylic acids is 1. The summed E-state index contributed by atoms with van der Waals surface area (Å²) in [6.07, 6.45) is 0. The summed E-state index contributed by atoms with van der Waals surface area (Å²) in [6.45, 7) is 3.93. The number of rotatable bonds is 2. The molecule has 0 aliphatic rings. The van der Waals surface area contributed by atoms with Crippen molar-refractivity contribution in [1.82, 2.24) is 0 Å². The molecule has 1 amide bonds. The van der Waals surface area contributed by atoms with Crippen molar-refractivity contribution in [2.24, 2.45) is 0 Å². The lowest BCUT2D eigenvalue weighted by Gasteiger charge is -2.10. The predicted molar refractivity (Wildman–Crippen MR) is 79.7 cm³/mol. The molecular formula is C15H15ClN2O. The molecule has 4 heteroatoms. The molecule has 0 atom stereocenters. The van der Waals surface area contributed by atoms with E-state index in [1.165, 1.54) is 0 Å². The topological polar surface area (TPSA) is 55.1 Å². The predicted octanol–water partition coefficient (Wildman–Crippen LogP) is 3.79. The number of amides is 1. The lowest BCUT2D eigenvalue weighted by molar-refractivity contribution is 0.102. The second kappa shape index (κ2) is 5.33. The highest BCUT2D eigenvalue weighted by molar-refractivity contribution is 6.33. The van der Waals surface area contributed by atoms with E-state index in [1.807, 2.05) is 32.0 Å². The van der Waals surface area contributed by atoms with Crippen molar-refractivity contribution in [2.45, 2.75) is 13.8 Å². The van der Waals surface area contributed by atoms with Crippen LogP contribution in [0.2, 0.25) is 5.02 Å². The van der Waals surface area contributed by atoms with Gasteiger partial charge >= 0.3 is 0 Å². The molecule has 0 heterocycles. The summed E-state index contributed by atoms with van der Waals surface area (Å²) in [5.41, 5.74) is 9.49. The molecule has 19 heavy (non-hydrogen) atoms. The maximum absolute atomic E-state index is 12.1. The standard InChI is InChI=1S/C15H15ClN2O/c1-9-3-4-10(2)14(7-9)18-15(19)11-5-6-12(16)13(17)8-11/h3-8H,17H2,1-2H3,(H,18,19). The van der Waals surface area contributed by atoms with Gasteiger partial charge in [-0.1, -0.05) is 23.7 Å². The first-order chi connectivity index (χ1) is 8.97. The Hall–Kier alpha value is -2.00. The number of hydrogen-bond acceptors (Lipinski definition) is 2. The van der Waals surface area contributed by atoms with Crippen LogP contribution in [0.4, 0.5) is 11.4 Å². The Balaban J connectivity index is 2.25. The number of benzene rings is 2. The first-order valence-electron chi connectivity index (χ1n) is 5.91. The van der Waals surface area contributed by atoms with Crippen molar-refractivity contribution in [3.8, 4) is 0 Å². The second-order valence-electron chi connectivity index (χ2n) is 4.51. The summed E-state index contributed by atoms with van der Waals surface area (Å²) < 4.78 is 0. The highest BCUT2D eigenvalue weighted by atomic mass is 35.5. The zero-order valence-corrected chi connectivity index (χ0v) is 11.6. The average molecular weight is 275 g/mol. The number of nitrogens with two attached hydrogens (primary N) is 1. The summed E-state index contributed by atoms with van der Waals surface area (Å²) in [4.78, 5) is 12.1. The van der Waals surface area contributed by atoms with Gasteiger partial charge in [-0.25, -0.2) is 0 Å². The average Bonchev–Trinajstić information content (AvgIpc) is 2.37. The molecule has 2 aromatic carbocycles. The van der Waals surface area contributed by atoms with E-state index in [0.717, 1.165) is 16.8 Å². The van der Waals surface area contributed by atoms with Gasteiger partial charge in [-0.15, -0.1) is 0 Å². The molecule has 0 aliphatic heterocycles. The minimum atomic E-state index is -0.197. The summed E-state index contributed by atoms with van der Waals surface area (Å²) in [7, 11) is 0. The molecule has 0 saturated carbocycles. The van der Waals surface area contributed by atoms with Gasteiger partial charge in [0.2, 0.25) is 0 Å². The van der Waals surface area contributed by atoms with Gasteiger partial charge in [0.15, 0.2) is 0 Å². The van der Waals surface area contributed by atoms with Gasteiger partial charge < -0.3 is 11.1 Å². The first kappa shape index (κ1) is 13.4. The highest BCUT2D eigenvalue weighted by Gasteiger charge is 2.09. The van der Waals surface area contributed by atoms with E-state index < -0.39 is 0 Å². The molecule has 0 saturated heterocycles. The van der Waals surface area contributed by atoms with Crippen molar-refractivity contribution in [1.29, 1.82) is 0 Å². The van der Waals surface area contributed by atoms with E-state index in [4.69, 9.17) is 17.3 Å². The number of aryl methyl sites for hydroxylation is 2. The number of nitrogen functional groups attached to an aromatic ring is 1. The zero-order valence-electron chi connectivity index (χ0n) is 10.8. The molecule has 0 unspecified atom stereocenters. The number of nitrogens with one attached hydrogen (secondary N) is 1. The Labute approximate surface area is 117 Å². The molecule has 3 N–H and O–H groups in total. The SMILES string of the molecule is Cc1ccc(C)c(NC(=O)c2ccc(Cl)c(N)c2)c1. The van der Waals surface area contributed by atoms with Crippen molar-refractivity contribution in [2.75, 3.05) is 11.1 Å². The maximum atomic E-state index is 12.1. The molecule has 3 nitrogen and oxygen atoms in total. The molecule has 0 fully saturated rings. The van der Waals surface area contributed by atoms with Crippen molar-refractivity contribution in [3.05, 3.63) is 58.1 Å². The van der Waals surface area contributed by atoms with Crippen LogP contribution in [0.1, 0.15) is 21.5 Å². The Kier molecular flexibility index (Phi) is 3.76.